The van der Waals surface area contributed by atoms with E-state index in [2.05, 4.69) is 46.5 Å². The van der Waals surface area contributed by atoms with Gasteiger partial charge in [0.1, 0.15) is 0 Å². The van der Waals surface area contributed by atoms with E-state index in [1.165, 1.54) is 5.56 Å². The van der Waals surface area contributed by atoms with Gasteiger partial charge < -0.3 is 5.73 Å². The lowest BCUT2D eigenvalue weighted by molar-refractivity contribution is 0.955. The van der Waals surface area contributed by atoms with Crippen LogP contribution in [0.3, 0.4) is 0 Å². The lowest BCUT2D eigenvalue weighted by Gasteiger charge is -2.09. The van der Waals surface area contributed by atoms with E-state index in [-0.39, 0.29) is 5.82 Å². The smallest absolute Gasteiger partial charge is 0.186 e. The summed E-state index contributed by atoms with van der Waals surface area (Å²) < 4.78 is 1.75. The molecule has 6 nitrogen and oxygen atoms in total. The first kappa shape index (κ1) is 19.6. The molecule has 0 bridgehead atoms. The van der Waals surface area contributed by atoms with Gasteiger partial charge in [0.15, 0.2) is 17.2 Å². The third-order valence-corrected chi connectivity index (χ3v) is 5.31. The van der Waals surface area contributed by atoms with Crippen molar-refractivity contribution in [1.29, 1.82) is 0 Å². The number of hydrogen-bond acceptors (Lipinski definition) is 5. The summed E-state index contributed by atoms with van der Waals surface area (Å²) in [5, 5.41) is 13.4. The molecule has 0 aliphatic heterocycles. The van der Waals surface area contributed by atoms with Gasteiger partial charge in [0, 0.05) is 11.1 Å². The van der Waals surface area contributed by atoms with Crippen molar-refractivity contribution in [2.75, 3.05) is 5.73 Å². The maximum absolute atomic E-state index is 6.28. The summed E-state index contributed by atoms with van der Waals surface area (Å²) in [5.74, 6) is 0.284. The van der Waals surface area contributed by atoms with E-state index in [1.54, 1.807) is 4.52 Å². The molecule has 0 spiro atoms. The second-order valence-electron chi connectivity index (χ2n) is 7.76. The number of nitrogens with two attached hydrogens (primary N) is 1. The van der Waals surface area contributed by atoms with E-state index in [0.29, 0.717) is 11.3 Å². The number of benzene rings is 3. The van der Waals surface area contributed by atoms with Crippen LogP contribution in [0.15, 0.2) is 95.2 Å². The predicted molar refractivity (Wildman–Crippen MR) is 128 cm³/mol. The number of rotatable bonds is 4. The zero-order chi connectivity index (χ0) is 22.1. The molecule has 6 heteroatoms. The first-order chi connectivity index (χ1) is 15.6. The van der Waals surface area contributed by atoms with E-state index in [0.717, 1.165) is 33.8 Å². The monoisotopic (exact) mass is 418 g/mol. The summed E-state index contributed by atoms with van der Waals surface area (Å²) in [5.41, 5.74) is 14.1. The Labute approximate surface area is 186 Å². The van der Waals surface area contributed by atoms with Crippen molar-refractivity contribution in [3.63, 3.8) is 0 Å². The van der Waals surface area contributed by atoms with E-state index < -0.39 is 0 Å². The van der Waals surface area contributed by atoms with Crippen LogP contribution in [-0.2, 0) is 0 Å². The van der Waals surface area contributed by atoms with E-state index in [9.17, 15) is 0 Å². The van der Waals surface area contributed by atoms with Crippen molar-refractivity contribution in [2.24, 2.45) is 10.2 Å². The van der Waals surface area contributed by atoms with Gasteiger partial charge in [0.05, 0.1) is 17.1 Å². The van der Waals surface area contributed by atoms with Crippen molar-refractivity contribution >= 4 is 22.8 Å². The number of fused-ring (bicyclic) bond motifs is 1. The Bertz CT molecular complexity index is 1420. The summed E-state index contributed by atoms with van der Waals surface area (Å²) in [6.45, 7) is 4.10. The van der Waals surface area contributed by atoms with Crippen LogP contribution in [0.2, 0.25) is 0 Å². The van der Waals surface area contributed by atoms with Crippen molar-refractivity contribution in [3.8, 4) is 22.5 Å². The topological polar surface area (TPSA) is 80.9 Å². The highest BCUT2D eigenvalue weighted by atomic mass is 15.3. The van der Waals surface area contributed by atoms with Gasteiger partial charge in [-0.25, -0.2) is 9.50 Å². The summed E-state index contributed by atoms with van der Waals surface area (Å²) in [6.07, 6.45) is 0. The zero-order valence-electron chi connectivity index (χ0n) is 17.9. The fourth-order valence-corrected chi connectivity index (χ4v) is 3.52. The number of aromatic nitrogens is 3. The van der Waals surface area contributed by atoms with Gasteiger partial charge in [0.25, 0.3) is 0 Å². The van der Waals surface area contributed by atoms with Crippen LogP contribution < -0.4 is 5.73 Å². The molecule has 2 aromatic heterocycles. The van der Waals surface area contributed by atoms with Gasteiger partial charge in [-0.15, -0.1) is 10.2 Å². The quantitative estimate of drug-likeness (QED) is 0.331. The molecule has 0 unspecified atom stereocenters. The highest BCUT2D eigenvalue weighted by Crippen LogP contribution is 2.34. The SMILES string of the molecule is Cc1ccc(N=Nc2c(N)nn3c(-c4ccc(C)cc4)cc(-c4ccccc4)nc23)cc1. The summed E-state index contributed by atoms with van der Waals surface area (Å²) >= 11 is 0. The van der Waals surface area contributed by atoms with Crippen LogP contribution in [0.4, 0.5) is 17.2 Å². The Morgan fingerprint density at radius 1 is 0.750 bits per heavy atom. The molecular formula is C26H22N6. The van der Waals surface area contributed by atoms with Crippen LogP contribution in [0.5, 0.6) is 0 Å². The molecule has 5 aromatic rings. The summed E-state index contributed by atoms with van der Waals surface area (Å²) in [7, 11) is 0. The minimum atomic E-state index is 0.284. The lowest BCUT2D eigenvalue weighted by Crippen LogP contribution is -1.99. The molecule has 2 N–H and O–H groups in total. The molecule has 32 heavy (non-hydrogen) atoms. The molecule has 0 radical (unpaired) electrons. The van der Waals surface area contributed by atoms with Crippen LogP contribution in [0, 0.1) is 13.8 Å². The van der Waals surface area contributed by atoms with Crippen molar-refractivity contribution in [1.82, 2.24) is 14.6 Å². The molecule has 0 saturated heterocycles. The average Bonchev–Trinajstić information content (AvgIpc) is 3.14. The Hall–Kier alpha value is -4.32. The van der Waals surface area contributed by atoms with E-state index in [1.807, 2.05) is 67.6 Å². The molecule has 0 fully saturated rings. The molecule has 0 amide bonds. The molecule has 0 atom stereocenters. The minimum Gasteiger partial charge on any atom is -0.380 e. The second-order valence-corrected chi connectivity index (χ2v) is 7.76. The van der Waals surface area contributed by atoms with Gasteiger partial charge >= 0.3 is 0 Å². The highest BCUT2D eigenvalue weighted by Gasteiger charge is 2.17. The van der Waals surface area contributed by atoms with Crippen LogP contribution in [0.1, 0.15) is 11.1 Å². The Morgan fingerprint density at radius 2 is 1.41 bits per heavy atom. The molecule has 0 saturated carbocycles. The Kier molecular flexibility index (Phi) is 4.95. The van der Waals surface area contributed by atoms with E-state index >= 15 is 0 Å². The lowest BCUT2D eigenvalue weighted by atomic mass is 10.1. The van der Waals surface area contributed by atoms with Crippen molar-refractivity contribution < 1.29 is 0 Å². The van der Waals surface area contributed by atoms with Crippen molar-refractivity contribution in [3.05, 3.63) is 96.1 Å². The standard InChI is InChI=1S/C26H22N6/c1-17-8-12-20(13-9-17)23-16-22(19-6-4-3-5-7-19)28-26-24(25(27)31-32(23)26)30-29-21-14-10-18(2)11-15-21/h3-16H,1-2H3,(H2,27,31). The first-order valence-electron chi connectivity index (χ1n) is 10.4. The maximum Gasteiger partial charge on any atom is 0.186 e. The van der Waals surface area contributed by atoms with Gasteiger partial charge in [-0.05, 0) is 32.0 Å². The van der Waals surface area contributed by atoms with Gasteiger partial charge in [-0.2, -0.15) is 5.11 Å². The van der Waals surface area contributed by atoms with Gasteiger partial charge in [-0.1, -0.05) is 77.9 Å². The molecule has 3 aromatic carbocycles. The normalized spacial score (nSPS) is 11.4. The molecule has 0 aliphatic carbocycles. The zero-order valence-corrected chi connectivity index (χ0v) is 17.9. The van der Waals surface area contributed by atoms with Gasteiger partial charge in [-0.3, -0.25) is 0 Å². The third kappa shape index (κ3) is 3.74. The van der Waals surface area contributed by atoms with Crippen LogP contribution >= 0.6 is 0 Å². The molecule has 5 rings (SSSR count). The minimum absolute atomic E-state index is 0.284. The predicted octanol–water partition coefficient (Wildman–Crippen LogP) is 6.68. The molecule has 0 aliphatic rings. The number of hydrogen-bond donors (Lipinski definition) is 1. The summed E-state index contributed by atoms with van der Waals surface area (Å²) in [6, 6.07) is 28.2. The number of aryl methyl sites for hydroxylation is 2. The third-order valence-electron chi connectivity index (χ3n) is 5.31. The van der Waals surface area contributed by atoms with Gasteiger partial charge in [0.2, 0.25) is 0 Å². The van der Waals surface area contributed by atoms with Crippen molar-refractivity contribution in [2.45, 2.75) is 13.8 Å². The van der Waals surface area contributed by atoms with E-state index in [4.69, 9.17) is 10.7 Å². The van der Waals surface area contributed by atoms with Crippen LogP contribution in [0.25, 0.3) is 28.2 Å². The number of anilines is 1. The van der Waals surface area contributed by atoms with Crippen LogP contribution in [-0.4, -0.2) is 14.6 Å². The fraction of sp³-hybridized carbons (Fsp3) is 0.0769. The highest BCUT2D eigenvalue weighted by molar-refractivity contribution is 5.81. The first-order valence-corrected chi connectivity index (χ1v) is 10.4. The average molecular weight is 419 g/mol. The molecule has 156 valence electrons. The second kappa shape index (κ2) is 8.07. The maximum atomic E-state index is 6.28. The molecule has 2 heterocycles. The number of nitrogen functional groups attached to an aromatic ring is 1. The Morgan fingerprint density at radius 3 is 2.09 bits per heavy atom. The Balaban J connectivity index is 1.72. The number of nitrogens with zero attached hydrogens (tertiary/aromatic N) is 5. The summed E-state index contributed by atoms with van der Waals surface area (Å²) in [4.78, 5) is 4.86. The molecular weight excluding hydrogens is 396 g/mol. The number of azo groups is 1. The largest absolute Gasteiger partial charge is 0.380 e. The fourth-order valence-electron chi connectivity index (χ4n) is 3.52.